The molecular weight excluding hydrogens is 276 g/mol. The van der Waals surface area contributed by atoms with Crippen LogP contribution in [0.1, 0.15) is 40.1 Å². The van der Waals surface area contributed by atoms with E-state index in [1.165, 1.54) is 13.8 Å². The first-order valence-electron chi connectivity index (χ1n) is 7.06. The Bertz CT molecular complexity index is 715. The fraction of sp³-hybridized carbons (Fsp3) is 0.158. The van der Waals surface area contributed by atoms with Crippen molar-refractivity contribution in [1.82, 2.24) is 0 Å². The predicted molar refractivity (Wildman–Crippen MR) is 86.9 cm³/mol. The van der Waals surface area contributed by atoms with Gasteiger partial charge in [-0.3, -0.25) is 9.59 Å². The van der Waals surface area contributed by atoms with E-state index in [-0.39, 0.29) is 11.6 Å². The SMILES string of the molecule is C=CCc1c(Oc2ccccc2)ccc(C(C)=O)c1C(C)=O. The standard InChI is InChI=1S/C19H18O3/c1-4-8-17-18(22-15-9-6-5-7-10-15)12-11-16(13(2)20)19(17)14(3)21/h4-7,9-12H,1,8H2,2-3H3. The number of hydrogen-bond donors (Lipinski definition) is 0. The van der Waals surface area contributed by atoms with Crippen LogP contribution in [0.5, 0.6) is 11.5 Å². The third kappa shape index (κ3) is 3.31. The highest BCUT2D eigenvalue weighted by Gasteiger charge is 2.19. The van der Waals surface area contributed by atoms with Gasteiger partial charge in [0.05, 0.1) is 0 Å². The minimum Gasteiger partial charge on any atom is -0.457 e. The van der Waals surface area contributed by atoms with Crippen LogP contribution in [-0.2, 0) is 6.42 Å². The van der Waals surface area contributed by atoms with Crippen LogP contribution in [0, 0.1) is 0 Å². The number of ether oxygens (including phenoxy) is 1. The van der Waals surface area contributed by atoms with Gasteiger partial charge in [0.15, 0.2) is 11.6 Å². The van der Waals surface area contributed by atoms with Crippen LogP contribution in [0.2, 0.25) is 0 Å². The van der Waals surface area contributed by atoms with Crippen LogP contribution in [0.25, 0.3) is 0 Å². The summed E-state index contributed by atoms with van der Waals surface area (Å²) in [6.07, 6.45) is 2.15. The van der Waals surface area contributed by atoms with E-state index in [1.54, 1.807) is 18.2 Å². The molecule has 112 valence electrons. The largest absolute Gasteiger partial charge is 0.457 e. The summed E-state index contributed by atoms with van der Waals surface area (Å²) in [5.74, 6) is 0.960. The van der Waals surface area contributed by atoms with Crippen molar-refractivity contribution < 1.29 is 14.3 Å². The van der Waals surface area contributed by atoms with Gasteiger partial charge in [0, 0.05) is 16.7 Å². The smallest absolute Gasteiger partial charge is 0.160 e. The van der Waals surface area contributed by atoms with Crippen molar-refractivity contribution in [3.05, 3.63) is 71.8 Å². The van der Waals surface area contributed by atoms with E-state index < -0.39 is 0 Å². The average Bonchev–Trinajstić information content (AvgIpc) is 2.49. The second kappa shape index (κ2) is 6.85. The van der Waals surface area contributed by atoms with Crippen molar-refractivity contribution in [3.8, 4) is 11.5 Å². The summed E-state index contributed by atoms with van der Waals surface area (Å²) in [6.45, 7) is 6.64. The quantitative estimate of drug-likeness (QED) is 0.577. The highest BCUT2D eigenvalue weighted by molar-refractivity contribution is 6.08. The van der Waals surface area contributed by atoms with Crippen molar-refractivity contribution in [2.45, 2.75) is 20.3 Å². The van der Waals surface area contributed by atoms with Crippen LogP contribution in [-0.4, -0.2) is 11.6 Å². The highest BCUT2D eigenvalue weighted by Crippen LogP contribution is 2.31. The zero-order chi connectivity index (χ0) is 16.1. The third-order valence-electron chi connectivity index (χ3n) is 3.32. The molecule has 0 heterocycles. The summed E-state index contributed by atoms with van der Waals surface area (Å²) in [4.78, 5) is 23.8. The summed E-state index contributed by atoms with van der Waals surface area (Å²) in [7, 11) is 0. The molecule has 3 nitrogen and oxygen atoms in total. The van der Waals surface area contributed by atoms with Crippen molar-refractivity contribution in [2.75, 3.05) is 0 Å². The average molecular weight is 294 g/mol. The van der Waals surface area contributed by atoms with Gasteiger partial charge in [0.2, 0.25) is 0 Å². The van der Waals surface area contributed by atoms with Crippen LogP contribution in [0.15, 0.2) is 55.1 Å². The number of hydrogen-bond acceptors (Lipinski definition) is 3. The first-order chi connectivity index (χ1) is 10.5. The number of benzene rings is 2. The Hall–Kier alpha value is -2.68. The summed E-state index contributed by atoms with van der Waals surface area (Å²) in [6, 6.07) is 12.7. The molecule has 2 aromatic carbocycles. The summed E-state index contributed by atoms with van der Waals surface area (Å²) in [5, 5.41) is 0. The molecule has 22 heavy (non-hydrogen) atoms. The molecule has 0 amide bonds. The Labute approximate surface area is 130 Å². The van der Waals surface area contributed by atoms with Crippen molar-refractivity contribution in [1.29, 1.82) is 0 Å². The molecule has 0 fully saturated rings. The molecule has 2 aromatic rings. The molecule has 0 radical (unpaired) electrons. The van der Waals surface area contributed by atoms with Gasteiger partial charge in [-0.05, 0) is 44.5 Å². The number of para-hydroxylation sites is 1. The normalized spacial score (nSPS) is 10.1. The van der Waals surface area contributed by atoms with E-state index in [9.17, 15) is 9.59 Å². The van der Waals surface area contributed by atoms with Gasteiger partial charge < -0.3 is 4.74 Å². The lowest BCUT2D eigenvalue weighted by Gasteiger charge is -2.15. The number of carbonyl (C=O) groups is 2. The van der Waals surface area contributed by atoms with Crippen LogP contribution < -0.4 is 4.74 Å². The summed E-state index contributed by atoms with van der Waals surface area (Å²) in [5.41, 5.74) is 1.53. The van der Waals surface area contributed by atoms with E-state index in [0.29, 0.717) is 34.6 Å². The minimum atomic E-state index is -0.152. The van der Waals surface area contributed by atoms with Gasteiger partial charge in [-0.15, -0.1) is 6.58 Å². The molecule has 2 rings (SSSR count). The topological polar surface area (TPSA) is 43.4 Å². The zero-order valence-corrected chi connectivity index (χ0v) is 12.8. The van der Waals surface area contributed by atoms with Gasteiger partial charge in [0.25, 0.3) is 0 Å². The van der Waals surface area contributed by atoms with Crippen LogP contribution in [0.3, 0.4) is 0 Å². The molecule has 0 aliphatic rings. The number of allylic oxidation sites excluding steroid dienone is 1. The molecule has 0 saturated heterocycles. The molecule has 0 spiro atoms. The lowest BCUT2D eigenvalue weighted by molar-refractivity contribution is 0.0980. The maximum Gasteiger partial charge on any atom is 0.160 e. The van der Waals surface area contributed by atoms with E-state index in [1.807, 2.05) is 30.3 Å². The van der Waals surface area contributed by atoms with E-state index in [0.717, 1.165) is 0 Å². The second-order valence-corrected chi connectivity index (χ2v) is 4.99. The Balaban J connectivity index is 2.59. The minimum absolute atomic E-state index is 0.137. The summed E-state index contributed by atoms with van der Waals surface area (Å²) >= 11 is 0. The molecule has 0 saturated carbocycles. The molecule has 0 N–H and O–H groups in total. The molecule has 0 aliphatic heterocycles. The highest BCUT2D eigenvalue weighted by atomic mass is 16.5. The Morgan fingerprint density at radius 3 is 2.27 bits per heavy atom. The molecule has 0 atom stereocenters. The van der Waals surface area contributed by atoms with E-state index in [4.69, 9.17) is 4.74 Å². The maximum absolute atomic E-state index is 12.0. The van der Waals surface area contributed by atoms with Crippen LogP contribution in [0.4, 0.5) is 0 Å². The molecule has 0 bridgehead atoms. The fourth-order valence-electron chi connectivity index (χ4n) is 2.38. The summed E-state index contributed by atoms with van der Waals surface area (Å²) < 4.78 is 5.88. The van der Waals surface area contributed by atoms with E-state index in [2.05, 4.69) is 6.58 Å². The zero-order valence-electron chi connectivity index (χ0n) is 12.8. The first-order valence-corrected chi connectivity index (χ1v) is 7.06. The van der Waals surface area contributed by atoms with Gasteiger partial charge >= 0.3 is 0 Å². The number of ketones is 2. The molecule has 3 heteroatoms. The third-order valence-corrected chi connectivity index (χ3v) is 3.32. The maximum atomic E-state index is 12.0. The second-order valence-electron chi connectivity index (χ2n) is 4.99. The van der Waals surface area contributed by atoms with Crippen molar-refractivity contribution in [3.63, 3.8) is 0 Å². The molecule has 0 aliphatic carbocycles. The Morgan fingerprint density at radius 2 is 1.73 bits per heavy atom. The number of rotatable bonds is 6. The van der Waals surface area contributed by atoms with Crippen molar-refractivity contribution in [2.24, 2.45) is 0 Å². The molecular formula is C19H18O3. The van der Waals surface area contributed by atoms with Crippen LogP contribution >= 0.6 is 0 Å². The van der Waals surface area contributed by atoms with Gasteiger partial charge in [0.1, 0.15) is 11.5 Å². The van der Waals surface area contributed by atoms with E-state index >= 15 is 0 Å². The lowest BCUT2D eigenvalue weighted by Crippen LogP contribution is -2.09. The van der Waals surface area contributed by atoms with Gasteiger partial charge in [-0.25, -0.2) is 0 Å². The number of Topliss-reactive ketones (excluding diaryl/α,β-unsaturated/α-hetero) is 2. The van der Waals surface area contributed by atoms with Crippen molar-refractivity contribution >= 4 is 11.6 Å². The lowest BCUT2D eigenvalue weighted by atomic mass is 9.93. The molecule has 0 aromatic heterocycles. The first kappa shape index (κ1) is 15.7. The fourth-order valence-corrected chi connectivity index (χ4v) is 2.38. The predicted octanol–water partition coefficient (Wildman–Crippen LogP) is 4.61. The Morgan fingerprint density at radius 1 is 1.05 bits per heavy atom. The van der Waals surface area contributed by atoms with Gasteiger partial charge in [-0.1, -0.05) is 24.3 Å². The molecule has 0 unspecified atom stereocenters. The van der Waals surface area contributed by atoms with Gasteiger partial charge in [-0.2, -0.15) is 0 Å². The number of carbonyl (C=O) groups excluding carboxylic acids is 2. The monoisotopic (exact) mass is 294 g/mol. The Kier molecular flexibility index (Phi) is 4.89.